The smallest absolute Gasteiger partial charge is 0.273 e. The zero-order valence-corrected chi connectivity index (χ0v) is 25.8. The fraction of sp³-hybridized carbons (Fsp3) is 0.769. The number of carbonyl (C=O) groups is 2. The molecule has 2 amide bonds. The minimum Gasteiger partial charge on any atom is -0.394 e. The topological polar surface area (TPSA) is 259 Å². The van der Waals surface area contributed by atoms with E-state index in [1.54, 1.807) is 0 Å². The number of nitrogens with zero attached hydrogens (tertiary/aromatic N) is 6. The number of rotatable bonds is 14. The van der Waals surface area contributed by atoms with E-state index < -0.39 is 84.6 Å². The summed E-state index contributed by atoms with van der Waals surface area (Å²) in [6.07, 6.45) is -2.57. The maximum absolute atomic E-state index is 12.5. The van der Waals surface area contributed by atoms with Crippen LogP contribution in [0.4, 0.5) is 0 Å². The van der Waals surface area contributed by atoms with E-state index in [1.165, 1.54) is 12.4 Å². The van der Waals surface area contributed by atoms with Gasteiger partial charge in [-0.2, -0.15) is 0 Å². The van der Waals surface area contributed by atoms with Crippen molar-refractivity contribution in [3.8, 4) is 0 Å². The molecule has 19 heteroatoms. The zero-order chi connectivity index (χ0) is 32.7. The molecule has 2 saturated heterocycles. The Kier molecular flexibility index (Phi) is 12.6. The first-order valence-electron chi connectivity index (χ1n) is 14.9. The fourth-order valence-electron chi connectivity index (χ4n) is 5.11. The van der Waals surface area contributed by atoms with Gasteiger partial charge in [0.05, 0.1) is 25.6 Å². The molecule has 45 heavy (non-hydrogen) atoms. The Balaban J connectivity index is 1.52. The predicted molar refractivity (Wildman–Crippen MR) is 156 cm³/mol. The number of hydrogen-bond donors (Lipinski definition) is 8. The number of unbranched alkanes of at least 4 members (excludes halogenated alkanes) is 2. The van der Waals surface area contributed by atoms with Crippen LogP contribution in [0.5, 0.6) is 0 Å². The Bertz CT molecular complexity index is 1160. The molecule has 18 nitrogen and oxygen atoms in total. The molecule has 10 atom stereocenters. The lowest BCUT2D eigenvalue weighted by Crippen LogP contribution is -2.58. The van der Waals surface area contributed by atoms with Crippen molar-refractivity contribution in [2.45, 2.75) is 99.1 Å². The number of aromatic nitrogens is 6. The molecule has 4 heterocycles. The third-order valence-corrected chi connectivity index (χ3v) is 9.01. The van der Waals surface area contributed by atoms with Crippen molar-refractivity contribution >= 4 is 23.6 Å². The van der Waals surface area contributed by atoms with Crippen LogP contribution in [0.25, 0.3) is 0 Å². The van der Waals surface area contributed by atoms with E-state index >= 15 is 0 Å². The summed E-state index contributed by atoms with van der Waals surface area (Å²) in [4.78, 5) is 24.9. The van der Waals surface area contributed by atoms with Gasteiger partial charge in [-0.1, -0.05) is 48.9 Å². The summed E-state index contributed by atoms with van der Waals surface area (Å²) >= 11 is 0.780. The Morgan fingerprint density at radius 3 is 1.51 bits per heavy atom. The van der Waals surface area contributed by atoms with Crippen molar-refractivity contribution in [1.82, 2.24) is 40.6 Å². The van der Waals surface area contributed by atoms with Crippen molar-refractivity contribution in [3.05, 3.63) is 23.8 Å². The van der Waals surface area contributed by atoms with E-state index in [2.05, 4.69) is 31.3 Å². The highest BCUT2D eigenvalue weighted by molar-refractivity contribution is 8.00. The van der Waals surface area contributed by atoms with Crippen LogP contribution in [0.3, 0.4) is 0 Å². The average molecular weight is 659 g/mol. The third-order valence-electron chi connectivity index (χ3n) is 7.69. The molecule has 8 N–H and O–H groups in total. The highest BCUT2D eigenvalue weighted by Gasteiger charge is 2.51. The molecule has 0 radical (unpaired) electrons. The third kappa shape index (κ3) is 7.98. The molecular weight excluding hydrogens is 616 g/mol. The molecule has 2 aliphatic rings. The summed E-state index contributed by atoms with van der Waals surface area (Å²) in [6, 6.07) is -2.45. The second-order valence-corrected chi connectivity index (χ2v) is 12.1. The number of nitrogens with one attached hydrogen (secondary N) is 2. The van der Waals surface area contributed by atoms with E-state index in [0.717, 1.165) is 46.8 Å². The van der Waals surface area contributed by atoms with E-state index in [4.69, 9.17) is 9.47 Å². The van der Waals surface area contributed by atoms with Crippen LogP contribution >= 0.6 is 11.8 Å². The van der Waals surface area contributed by atoms with Crippen LogP contribution in [0, 0.1) is 0 Å². The lowest BCUT2D eigenvalue weighted by Gasteiger charge is -2.46. The number of thioether (sulfide) groups is 1. The Morgan fingerprint density at radius 2 is 1.16 bits per heavy atom. The van der Waals surface area contributed by atoms with Gasteiger partial charge in [0.2, 0.25) is 0 Å². The van der Waals surface area contributed by atoms with E-state index in [0.29, 0.717) is 13.1 Å². The first-order valence-corrected chi connectivity index (χ1v) is 15.9. The molecule has 0 saturated carbocycles. The highest BCUT2D eigenvalue weighted by Crippen LogP contribution is 2.41. The van der Waals surface area contributed by atoms with Crippen molar-refractivity contribution in [2.24, 2.45) is 0 Å². The van der Waals surface area contributed by atoms with E-state index in [-0.39, 0.29) is 11.4 Å². The maximum Gasteiger partial charge on any atom is 0.273 e. The van der Waals surface area contributed by atoms with Crippen LogP contribution in [-0.4, -0.2) is 146 Å². The number of hydrogen-bond acceptors (Lipinski definition) is 15. The van der Waals surface area contributed by atoms with Gasteiger partial charge in [-0.3, -0.25) is 9.59 Å². The summed E-state index contributed by atoms with van der Waals surface area (Å²) in [5.41, 5.74) is -2.57. The fourth-order valence-corrected chi connectivity index (χ4v) is 6.43. The molecule has 2 fully saturated rings. The number of aliphatic hydroxyl groups is 6. The summed E-state index contributed by atoms with van der Waals surface area (Å²) in [5, 5.41) is 85.4. The minimum absolute atomic E-state index is 0.0401. The molecule has 2 aromatic rings. The van der Waals surface area contributed by atoms with Gasteiger partial charge in [0.1, 0.15) is 59.6 Å². The van der Waals surface area contributed by atoms with Crippen LogP contribution in [0.1, 0.15) is 72.6 Å². The van der Waals surface area contributed by atoms with Gasteiger partial charge in [0.15, 0.2) is 11.4 Å². The maximum atomic E-state index is 12.5. The molecule has 2 aliphatic heterocycles. The van der Waals surface area contributed by atoms with Crippen molar-refractivity contribution in [3.63, 3.8) is 0 Å². The van der Waals surface area contributed by atoms with Gasteiger partial charge in [-0.15, -0.1) is 10.2 Å². The number of ether oxygens (including phenoxy) is 2. The standard InChI is InChI=1S/C26H42N8O10S/c1-3-5-7-27-23(41)13-9-33(31-29-13)17-19(37)15(11-35)43-25(21(17)39)45-26-22(40)18(20(38)16(12-36)44-26)34-10-14(30-32-34)24(42)28-8-6-4-2/h9-10,15-22,25-26,35-40H,3-8,11-12H2,1-2H3,(H,27,41)(H,28,42)/t15-,16+,17+,18-,19+,20-,21-,22+,25+,26-. The van der Waals surface area contributed by atoms with Crippen molar-refractivity contribution < 1.29 is 49.7 Å². The summed E-state index contributed by atoms with van der Waals surface area (Å²) in [7, 11) is 0. The van der Waals surface area contributed by atoms with E-state index in [9.17, 15) is 40.2 Å². The van der Waals surface area contributed by atoms with Crippen LogP contribution in [0.15, 0.2) is 12.4 Å². The molecule has 252 valence electrons. The molecule has 2 aromatic heterocycles. The monoisotopic (exact) mass is 658 g/mol. The first-order chi connectivity index (χ1) is 21.6. The van der Waals surface area contributed by atoms with Gasteiger partial charge in [-0.05, 0) is 12.8 Å². The molecule has 0 aromatic carbocycles. The molecular formula is C26H42N8O10S. The van der Waals surface area contributed by atoms with Gasteiger partial charge in [-0.25, -0.2) is 9.36 Å². The SMILES string of the molecule is CCCCNC(=O)c1cn([C@@H]2[C@H](O)[C@H](CO)O[C@H](S[C@@H]3O[C@H](CO)[C@H](O)[C@H](n4cc(C(=O)NCCCC)nn4)[C@H]3O)[C@H]2O)nn1. The van der Waals surface area contributed by atoms with Crippen molar-refractivity contribution in [2.75, 3.05) is 26.3 Å². The summed E-state index contributed by atoms with van der Waals surface area (Å²) in [5.74, 6) is -0.966. The van der Waals surface area contributed by atoms with Gasteiger partial charge in [0, 0.05) is 13.1 Å². The molecule has 0 bridgehead atoms. The number of carbonyl (C=O) groups excluding carboxylic acids is 2. The quantitative estimate of drug-likeness (QED) is 0.0962. The van der Waals surface area contributed by atoms with Crippen LogP contribution in [0.2, 0.25) is 0 Å². The molecule has 0 spiro atoms. The molecule has 0 unspecified atom stereocenters. The average Bonchev–Trinajstić information content (AvgIpc) is 3.71. The number of aliphatic hydroxyl groups excluding tert-OH is 6. The Hall–Kier alpha value is -2.75. The largest absolute Gasteiger partial charge is 0.394 e. The number of amides is 2. The van der Waals surface area contributed by atoms with Gasteiger partial charge < -0.3 is 50.7 Å². The first kappa shape index (κ1) is 35.1. The van der Waals surface area contributed by atoms with Gasteiger partial charge >= 0.3 is 0 Å². The second-order valence-electron chi connectivity index (χ2n) is 10.9. The van der Waals surface area contributed by atoms with Crippen molar-refractivity contribution in [1.29, 1.82) is 0 Å². The van der Waals surface area contributed by atoms with Gasteiger partial charge in [0.25, 0.3) is 11.8 Å². The zero-order valence-electron chi connectivity index (χ0n) is 25.0. The Morgan fingerprint density at radius 1 is 0.756 bits per heavy atom. The summed E-state index contributed by atoms with van der Waals surface area (Å²) in [6.45, 7) is 3.55. The Labute approximate surface area is 263 Å². The summed E-state index contributed by atoms with van der Waals surface area (Å²) < 4.78 is 13.8. The lowest BCUT2D eigenvalue weighted by atomic mass is 9.97. The highest BCUT2D eigenvalue weighted by atomic mass is 32.2. The minimum atomic E-state index is -1.52. The molecule has 4 rings (SSSR count). The van der Waals surface area contributed by atoms with Crippen LogP contribution < -0.4 is 10.6 Å². The second kappa shape index (κ2) is 16.2. The normalized spacial score (nSPS) is 31.9. The van der Waals surface area contributed by atoms with Crippen LogP contribution in [-0.2, 0) is 9.47 Å². The van der Waals surface area contributed by atoms with E-state index in [1.807, 2.05) is 13.8 Å². The molecule has 0 aliphatic carbocycles. The lowest BCUT2D eigenvalue weighted by molar-refractivity contribution is -0.189. The predicted octanol–water partition coefficient (Wildman–Crippen LogP) is -2.68.